The molecule has 0 fully saturated rings. The summed E-state index contributed by atoms with van der Waals surface area (Å²) in [6.07, 6.45) is 0. The third-order valence-electron chi connectivity index (χ3n) is 3.58. The van der Waals surface area contributed by atoms with Crippen LogP contribution < -0.4 is 4.72 Å². The molecule has 6 nitrogen and oxygen atoms in total. The van der Waals surface area contributed by atoms with Crippen molar-refractivity contribution in [3.05, 3.63) is 46.3 Å². The summed E-state index contributed by atoms with van der Waals surface area (Å²) in [6, 6.07) is 7.23. The number of aryl methyl sites for hydroxylation is 2. The maximum Gasteiger partial charge on any atom is 0.246 e. The Morgan fingerprint density at radius 2 is 1.87 bits per heavy atom. The molecule has 0 amide bonds. The number of nitrogens with one attached hydrogen (secondary N) is 1. The van der Waals surface area contributed by atoms with Gasteiger partial charge in [-0.15, -0.1) is 0 Å². The number of hydrogen-bond acceptors (Lipinski definition) is 5. The highest BCUT2D eigenvalue weighted by Gasteiger charge is 2.25. The lowest BCUT2D eigenvalue weighted by Gasteiger charge is -2.25. The summed E-state index contributed by atoms with van der Waals surface area (Å²) in [5.41, 5.74) is 1.32. The zero-order valence-corrected chi connectivity index (χ0v) is 15.1. The molecule has 0 bridgehead atoms. The molecule has 1 unspecified atom stereocenters. The number of sulfonamides is 1. The minimum atomic E-state index is -3.68. The monoisotopic (exact) mass is 357 g/mol. The highest BCUT2D eigenvalue weighted by atomic mass is 35.5. The van der Waals surface area contributed by atoms with Gasteiger partial charge < -0.3 is 9.42 Å². The van der Waals surface area contributed by atoms with E-state index in [-0.39, 0.29) is 23.2 Å². The van der Waals surface area contributed by atoms with E-state index in [0.717, 1.165) is 5.56 Å². The van der Waals surface area contributed by atoms with Gasteiger partial charge in [0, 0.05) is 17.6 Å². The maximum atomic E-state index is 12.5. The van der Waals surface area contributed by atoms with E-state index in [4.69, 9.17) is 16.1 Å². The predicted octanol–water partition coefficient (Wildman–Crippen LogP) is 2.53. The second kappa shape index (κ2) is 7.00. The van der Waals surface area contributed by atoms with E-state index in [1.165, 1.54) is 0 Å². The minimum Gasteiger partial charge on any atom is -0.360 e. The Morgan fingerprint density at radius 3 is 2.35 bits per heavy atom. The van der Waals surface area contributed by atoms with Gasteiger partial charge in [-0.2, -0.15) is 0 Å². The molecular weight excluding hydrogens is 338 g/mol. The Kier molecular flexibility index (Phi) is 5.46. The molecule has 8 heteroatoms. The molecule has 0 aliphatic rings. The van der Waals surface area contributed by atoms with Crippen molar-refractivity contribution in [3.8, 4) is 0 Å². The summed E-state index contributed by atoms with van der Waals surface area (Å²) >= 11 is 5.91. The summed E-state index contributed by atoms with van der Waals surface area (Å²) in [5, 5.41) is 4.33. The van der Waals surface area contributed by atoms with Crippen LogP contribution in [0.15, 0.2) is 33.7 Å². The van der Waals surface area contributed by atoms with Gasteiger partial charge in [0.25, 0.3) is 0 Å². The Labute approximate surface area is 141 Å². The van der Waals surface area contributed by atoms with Gasteiger partial charge >= 0.3 is 0 Å². The number of aromatic nitrogens is 1. The van der Waals surface area contributed by atoms with Crippen LogP contribution in [0.2, 0.25) is 5.02 Å². The van der Waals surface area contributed by atoms with E-state index in [2.05, 4.69) is 9.88 Å². The van der Waals surface area contributed by atoms with Crippen LogP contribution in [0.4, 0.5) is 0 Å². The van der Waals surface area contributed by atoms with Crippen molar-refractivity contribution in [1.29, 1.82) is 0 Å². The van der Waals surface area contributed by atoms with Gasteiger partial charge in [0.05, 0.1) is 0 Å². The summed E-state index contributed by atoms with van der Waals surface area (Å²) in [5.74, 6) is 0.280. The van der Waals surface area contributed by atoms with E-state index >= 15 is 0 Å². The van der Waals surface area contributed by atoms with Crippen molar-refractivity contribution < 1.29 is 12.9 Å². The second-order valence-electron chi connectivity index (χ2n) is 5.54. The van der Waals surface area contributed by atoms with Crippen LogP contribution in [0.1, 0.15) is 23.1 Å². The molecule has 1 aromatic carbocycles. The summed E-state index contributed by atoms with van der Waals surface area (Å²) in [6.45, 7) is 3.41. The van der Waals surface area contributed by atoms with Gasteiger partial charge in [-0.05, 0) is 45.6 Å². The lowest BCUT2D eigenvalue weighted by atomic mass is 10.1. The number of hydrogen-bond donors (Lipinski definition) is 1. The Bertz CT molecular complexity index is 750. The number of benzene rings is 1. The summed E-state index contributed by atoms with van der Waals surface area (Å²) in [4.78, 5) is 2.05. The SMILES string of the molecule is Cc1noc(C)c1S(=O)(=O)NCC(c1ccc(Cl)cc1)N(C)C. The van der Waals surface area contributed by atoms with Gasteiger partial charge in [-0.25, -0.2) is 13.1 Å². The van der Waals surface area contributed by atoms with E-state index < -0.39 is 10.0 Å². The van der Waals surface area contributed by atoms with Crippen molar-refractivity contribution >= 4 is 21.6 Å². The van der Waals surface area contributed by atoms with Crippen LogP contribution in [0.3, 0.4) is 0 Å². The highest BCUT2D eigenvalue weighted by Crippen LogP contribution is 2.22. The van der Waals surface area contributed by atoms with Crippen molar-refractivity contribution in [3.63, 3.8) is 0 Å². The van der Waals surface area contributed by atoms with E-state index in [9.17, 15) is 8.42 Å². The highest BCUT2D eigenvalue weighted by molar-refractivity contribution is 7.89. The molecule has 0 aliphatic carbocycles. The van der Waals surface area contributed by atoms with Crippen LogP contribution in [-0.2, 0) is 10.0 Å². The van der Waals surface area contributed by atoms with Crippen molar-refractivity contribution in [2.24, 2.45) is 0 Å². The Hall–Kier alpha value is -1.41. The van der Waals surface area contributed by atoms with Crippen LogP contribution in [0.25, 0.3) is 0 Å². The van der Waals surface area contributed by atoms with E-state index in [1.807, 2.05) is 31.1 Å². The quantitative estimate of drug-likeness (QED) is 0.859. The van der Waals surface area contributed by atoms with Gasteiger partial charge in [0.15, 0.2) is 5.76 Å². The predicted molar refractivity (Wildman–Crippen MR) is 89.0 cm³/mol. The third kappa shape index (κ3) is 4.11. The van der Waals surface area contributed by atoms with Gasteiger partial charge in [0.2, 0.25) is 10.0 Å². The first-order chi connectivity index (χ1) is 10.7. The molecular formula is C15H20ClN3O3S. The fraction of sp³-hybridized carbons (Fsp3) is 0.400. The van der Waals surface area contributed by atoms with Gasteiger partial charge in [-0.3, -0.25) is 0 Å². The first-order valence-electron chi connectivity index (χ1n) is 7.07. The van der Waals surface area contributed by atoms with Gasteiger partial charge in [-0.1, -0.05) is 28.9 Å². The van der Waals surface area contributed by atoms with Crippen LogP contribution in [0.5, 0.6) is 0 Å². The number of nitrogens with zero attached hydrogens (tertiary/aromatic N) is 2. The van der Waals surface area contributed by atoms with E-state index in [0.29, 0.717) is 10.7 Å². The Balaban J connectivity index is 2.20. The molecule has 0 saturated carbocycles. The zero-order valence-electron chi connectivity index (χ0n) is 13.5. The van der Waals surface area contributed by atoms with Crippen LogP contribution >= 0.6 is 11.6 Å². The molecule has 2 rings (SSSR count). The molecule has 0 spiro atoms. The molecule has 126 valence electrons. The third-order valence-corrected chi connectivity index (χ3v) is 5.50. The van der Waals surface area contributed by atoms with Crippen LogP contribution in [-0.4, -0.2) is 39.1 Å². The van der Waals surface area contributed by atoms with Crippen molar-refractivity contribution in [1.82, 2.24) is 14.8 Å². The maximum absolute atomic E-state index is 12.5. The summed E-state index contributed by atoms with van der Waals surface area (Å²) in [7, 11) is 0.103. The molecule has 1 atom stereocenters. The Morgan fingerprint density at radius 1 is 1.26 bits per heavy atom. The smallest absolute Gasteiger partial charge is 0.246 e. The average molecular weight is 358 g/mol. The molecule has 1 aromatic heterocycles. The van der Waals surface area contributed by atoms with Crippen molar-refractivity contribution in [2.45, 2.75) is 24.8 Å². The normalized spacial score (nSPS) is 13.5. The summed E-state index contributed by atoms with van der Waals surface area (Å²) < 4.78 is 32.6. The van der Waals surface area contributed by atoms with Gasteiger partial charge in [0.1, 0.15) is 10.6 Å². The fourth-order valence-corrected chi connectivity index (χ4v) is 3.89. The average Bonchev–Trinajstić information content (AvgIpc) is 2.80. The van der Waals surface area contributed by atoms with Crippen molar-refractivity contribution in [2.75, 3.05) is 20.6 Å². The lowest BCUT2D eigenvalue weighted by Crippen LogP contribution is -2.34. The first kappa shape index (κ1) is 17.9. The zero-order chi connectivity index (χ0) is 17.2. The molecule has 1 heterocycles. The molecule has 23 heavy (non-hydrogen) atoms. The molecule has 0 aliphatic heterocycles. The number of halogens is 1. The molecule has 0 radical (unpaired) electrons. The number of rotatable bonds is 6. The first-order valence-corrected chi connectivity index (χ1v) is 8.93. The fourth-order valence-electron chi connectivity index (χ4n) is 2.40. The standard InChI is InChI=1S/C15H20ClN3O3S/c1-10-15(11(2)22-18-10)23(20,21)17-9-14(19(3)4)12-5-7-13(16)8-6-12/h5-8,14,17H,9H2,1-4H3. The van der Waals surface area contributed by atoms with E-state index in [1.54, 1.807) is 26.0 Å². The molecule has 2 aromatic rings. The molecule has 1 N–H and O–H groups in total. The lowest BCUT2D eigenvalue weighted by molar-refractivity contribution is 0.299. The largest absolute Gasteiger partial charge is 0.360 e. The second-order valence-corrected chi connectivity index (χ2v) is 7.68. The molecule has 0 saturated heterocycles. The minimum absolute atomic E-state index is 0.103. The van der Waals surface area contributed by atoms with Crippen LogP contribution in [0, 0.1) is 13.8 Å². The number of likely N-dealkylation sites (N-methyl/N-ethyl adjacent to an activating group) is 1. The topological polar surface area (TPSA) is 75.4 Å².